The highest BCUT2D eigenvalue weighted by Gasteiger charge is 2.38. The van der Waals surface area contributed by atoms with Gasteiger partial charge in [-0.25, -0.2) is 4.79 Å². The molecule has 0 aliphatic heterocycles. The van der Waals surface area contributed by atoms with Crippen LogP contribution in [0, 0.1) is 0 Å². The Morgan fingerprint density at radius 2 is 1.50 bits per heavy atom. The molecule has 0 aromatic carbocycles. The number of carboxylic acid groups (broad SMARTS) is 2. The summed E-state index contributed by atoms with van der Waals surface area (Å²) in [5.74, 6) is -3.99. The van der Waals surface area contributed by atoms with Crippen LogP contribution in [0.1, 0.15) is 6.42 Å². The SMILES string of the molecule is NC(CC(O)O)C(=O)O.O=C(O)C(F)(F)F. The molecule has 10 heteroatoms. The van der Waals surface area contributed by atoms with E-state index < -0.39 is 30.4 Å². The fourth-order valence-corrected chi connectivity index (χ4v) is 0.328. The second-order valence-corrected chi connectivity index (χ2v) is 2.46. The highest BCUT2D eigenvalue weighted by molar-refractivity contribution is 5.73. The summed E-state index contributed by atoms with van der Waals surface area (Å²) in [5.41, 5.74) is 4.90. The van der Waals surface area contributed by atoms with Crippen molar-refractivity contribution in [2.24, 2.45) is 5.73 Å². The summed E-state index contributed by atoms with van der Waals surface area (Å²) in [6, 6.07) is -1.19. The quantitative estimate of drug-likeness (QED) is 0.393. The van der Waals surface area contributed by atoms with Crippen LogP contribution in [0.15, 0.2) is 0 Å². The van der Waals surface area contributed by atoms with E-state index in [1.54, 1.807) is 0 Å². The smallest absolute Gasteiger partial charge is 0.480 e. The number of aliphatic hydroxyl groups excluding tert-OH is 1. The Bertz CT molecular complexity index is 241. The fourth-order valence-electron chi connectivity index (χ4n) is 0.328. The molecule has 0 aromatic heterocycles. The number of nitrogens with two attached hydrogens (primary N) is 1. The summed E-state index contributed by atoms with van der Waals surface area (Å²) in [6.07, 6.45) is -7.06. The molecule has 6 N–H and O–H groups in total. The molecule has 1 unspecified atom stereocenters. The van der Waals surface area contributed by atoms with Crippen molar-refractivity contribution < 1.29 is 43.2 Å². The van der Waals surface area contributed by atoms with Gasteiger partial charge in [0.05, 0.1) is 0 Å². The zero-order valence-electron chi connectivity index (χ0n) is 7.68. The first-order chi connectivity index (χ1) is 6.98. The van der Waals surface area contributed by atoms with E-state index in [0.717, 1.165) is 0 Å². The second kappa shape index (κ2) is 6.98. The molecule has 0 rings (SSSR count). The number of aliphatic hydroxyl groups is 2. The lowest BCUT2D eigenvalue weighted by Gasteiger charge is -2.05. The monoisotopic (exact) mass is 249 g/mol. The Hall–Kier alpha value is -1.39. The predicted octanol–water partition coefficient (Wildman–Crippen LogP) is -1.27. The van der Waals surface area contributed by atoms with E-state index in [2.05, 4.69) is 0 Å². The summed E-state index contributed by atoms with van der Waals surface area (Å²) in [7, 11) is 0. The highest BCUT2D eigenvalue weighted by Crippen LogP contribution is 2.13. The van der Waals surface area contributed by atoms with E-state index in [1.807, 2.05) is 0 Å². The minimum Gasteiger partial charge on any atom is -0.480 e. The number of hydrogen-bond donors (Lipinski definition) is 5. The predicted molar refractivity (Wildman–Crippen MR) is 42.1 cm³/mol. The van der Waals surface area contributed by atoms with Gasteiger partial charge in [-0.3, -0.25) is 4.79 Å². The highest BCUT2D eigenvalue weighted by atomic mass is 19.4. The summed E-state index contributed by atoms with van der Waals surface area (Å²) < 4.78 is 31.7. The number of halogens is 3. The van der Waals surface area contributed by atoms with E-state index in [0.29, 0.717) is 0 Å². The van der Waals surface area contributed by atoms with Crippen LogP contribution < -0.4 is 5.73 Å². The molecule has 0 amide bonds. The summed E-state index contributed by atoms with van der Waals surface area (Å²) in [6.45, 7) is 0. The normalized spacial score (nSPS) is 12.7. The molecule has 0 radical (unpaired) electrons. The molecule has 0 fully saturated rings. The van der Waals surface area contributed by atoms with Crippen molar-refractivity contribution in [3.05, 3.63) is 0 Å². The van der Waals surface area contributed by atoms with Gasteiger partial charge in [-0.1, -0.05) is 0 Å². The van der Waals surface area contributed by atoms with E-state index in [1.165, 1.54) is 0 Å². The van der Waals surface area contributed by atoms with Gasteiger partial charge >= 0.3 is 18.1 Å². The third kappa shape index (κ3) is 10.7. The standard InChI is InChI=1S/C4H9NO4.C2HF3O2/c5-2(4(8)9)1-3(6)7;3-2(4,5)1(6)7/h2-3,6-7H,1,5H2,(H,8,9);(H,6,7). The van der Waals surface area contributed by atoms with Crippen LogP contribution in [-0.4, -0.2) is 50.9 Å². The minimum absolute atomic E-state index is 0.338. The van der Waals surface area contributed by atoms with Gasteiger partial charge in [0.1, 0.15) is 6.04 Å². The lowest BCUT2D eigenvalue weighted by Crippen LogP contribution is -2.33. The maximum atomic E-state index is 10.6. The molecule has 0 aliphatic carbocycles. The van der Waals surface area contributed by atoms with Crippen LogP contribution in [0.3, 0.4) is 0 Å². The Kier molecular flexibility index (Phi) is 7.42. The Labute approximate surface area is 86.9 Å². The number of alkyl halides is 3. The minimum atomic E-state index is -5.08. The zero-order chi connectivity index (χ0) is 13.5. The van der Waals surface area contributed by atoms with Gasteiger partial charge in [0.15, 0.2) is 6.29 Å². The molecule has 0 saturated carbocycles. The fraction of sp³-hybridized carbons (Fsp3) is 0.667. The van der Waals surface area contributed by atoms with Crippen LogP contribution in [0.25, 0.3) is 0 Å². The van der Waals surface area contributed by atoms with Gasteiger partial charge in [0.25, 0.3) is 0 Å². The molecule has 0 heterocycles. The molecule has 0 spiro atoms. The molecule has 7 nitrogen and oxygen atoms in total. The van der Waals surface area contributed by atoms with Gasteiger partial charge in [-0.2, -0.15) is 13.2 Å². The van der Waals surface area contributed by atoms with E-state index in [4.69, 9.17) is 31.0 Å². The molecular weight excluding hydrogens is 239 g/mol. The number of hydrogen-bond acceptors (Lipinski definition) is 5. The number of aliphatic carboxylic acids is 2. The molecule has 0 saturated heterocycles. The van der Waals surface area contributed by atoms with Gasteiger partial charge in [0, 0.05) is 6.42 Å². The number of rotatable bonds is 3. The van der Waals surface area contributed by atoms with Crippen molar-refractivity contribution in [3.8, 4) is 0 Å². The Morgan fingerprint density at radius 1 is 1.19 bits per heavy atom. The Balaban J connectivity index is 0. The number of carboxylic acids is 2. The molecular formula is C6H10F3NO6. The average molecular weight is 249 g/mol. The third-order valence-electron chi connectivity index (χ3n) is 1.02. The van der Waals surface area contributed by atoms with Crippen LogP contribution in [-0.2, 0) is 9.59 Å². The zero-order valence-corrected chi connectivity index (χ0v) is 7.68. The summed E-state index contributed by atoms with van der Waals surface area (Å²) >= 11 is 0. The average Bonchev–Trinajstić information content (AvgIpc) is 2.01. The summed E-state index contributed by atoms with van der Waals surface area (Å²) in [5, 5.41) is 31.6. The lowest BCUT2D eigenvalue weighted by atomic mass is 10.2. The molecule has 16 heavy (non-hydrogen) atoms. The van der Waals surface area contributed by atoms with E-state index in [-0.39, 0.29) is 6.42 Å². The molecule has 96 valence electrons. The van der Waals surface area contributed by atoms with E-state index in [9.17, 15) is 18.0 Å². The maximum Gasteiger partial charge on any atom is 0.490 e. The summed E-state index contributed by atoms with van der Waals surface area (Å²) in [4.78, 5) is 18.8. The van der Waals surface area contributed by atoms with Crippen LogP contribution >= 0.6 is 0 Å². The molecule has 1 atom stereocenters. The second-order valence-electron chi connectivity index (χ2n) is 2.46. The Morgan fingerprint density at radius 3 is 1.56 bits per heavy atom. The van der Waals surface area contributed by atoms with Crippen LogP contribution in [0.5, 0.6) is 0 Å². The van der Waals surface area contributed by atoms with Gasteiger partial charge in [-0.15, -0.1) is 0 Å². The van der Waals surface area contributed by atoms with E-state index >= 15 is 0 Å². The van der Waals surface area contributed by atoms with Crippen molar-refractivity contribution in [1.82, 2.24) is 0 Å². The molecule has 0 bridgehead atoms. The maximum absolute atomic E-state index is 10.6. The van der Waals surface area contributed by atoms with Gasteiger partial charge < -0.3 is 26.2 Å². The van der Waals surface area contributed by atoms with Crippen molar-refractivity contribution in [3.63, 3.8) is 0 Å². The molecule has 0 aliphatic rings. The van der Waals surface area contributed by atoms with Crippen molar-refractivity contribution >= 4 is 11.9 Å². The lowest BCUT2D eigenvalue weighted by molar-refractivity contribution is -0.192. The van der Waals surface area contributed by atoms with Crippen molar-refractivity contribution in [2.45, 2.75) is 24.9 Å². The van der Waals surface area contributed by atoms with Gasteiger partial charge in [-0.05, 0) is 0 Å². The van der Waals surface area contributed by atoms with Crippen molar-refractivity contribution in [2.75, 3.05) is 0 Å². The van der Waals surface area contributed by atoms with Crippen LogP contribution in [0.4, 0.5) is 13.2 Å². The number of carbonyl (C=O) groups is 2. The largest absolute Gasteiger partial charge is 0.490 e. The first-order valence-corrected chi connectivity index (χ1v) is 3.63. The van der Waals surface area contributed by atoms with Crippen molar-refractivity contribution in [1.29, 1.82) is 0 Å². The first-order valence-electron chi connectivity index (χ1n) is 3.63. The third-order valence-corrected chi connectivity index (χ3v) is 1.02. The van der Waals surface area contributed by atoms with Crippen LogP contribution in [0.2, 0.25) is 0 Å². The first kappa shape index (κ1) is 17.0. The van der Waals surface area contributed by atoms with Gasteiger partial charge in [0.2, 0.25) is 0 Å². The molecule has 0 aromatic rings. The topological polar surface area (TPSA) is 141 Å².